The molecule has 2 atom stereocenters. The van der Waals surface area contributed by atoms with Crippen molar-refractivity contribution in [2.24, 2.45) is 5.92 Å². The summed E-state index contributed by atoms with van der Waals surface area (Å²) in [7, 11) is 1.71. The van der Waals surface area contributed by atoms with Crippen LogP contribution in [0.3, 0.4) is 0 Å². The van der Waals surface area contributed by atoms with E-state index in [1.54, 1.807) is 13.2 Å². The number of ether oxygens (including phenoxy) is 2. The topological polar surface area (TPSA) is 57.8 Å². The second-order valence-electron chi connectivity index (χ2n) is 7.85. The Kier molecular flexibility index (Phi) is 5.62. The van der Waals surface area contributed by atoms with Crippen molar-refractivity contribution < 1.29 is 9.47 Å². The van der Waals surface area contributed by atoms with Gasteiger partial charge in [0.2, 0.25) is 0 Å². The number of pyridine rings is 1. The van der Waals surface area contributed by atoms with E-state index >= 15 is 0 Å². The minimum absolute atomic E-state index is 0.0785. The number of morpholine rings is 1. The quantitative estimate of drug-likeness (QED) is 0.789. The van der Waals surface area contributed by atoms with Gasteiger partial charge in [-0.3, -0.25) is 4.79 Å². The van der Waals surface area contributed by atoms with Gasteiger partial charge in [0, 0.05) is 43.5 Å². The zero-order valence-corrected chi connectivity index (χ0v) is 17.2. The molecule has 2 aromatic rings. The lowest BCUT2D eigenvalue weighted by molar-refractivity contribution is 0.122. The number of aromatic nitrogens is 1. The van der Waals surface area contributed by atoms with E-state index < -0.39 is 0 Å². The molecule has 0 amide bonds. The van der Waals surface area contributed by atoms with Gasteiger partial charge in [-0.25, -0.2) is 0 Å². The van der Waals surface area contributed by atoms with Gasteiger partial charge < -0.3 is 24.3 Å². The minimum atomic E-state index is -0.0785. The summed E-state index contributed by atoms with van der Waals surface area (Å²) in [6.07, 6.45) is 0.827. The molecule has 6 heteroatoms. The van der Waals surface area contributed by atoms with E-state index in [9.17, 15) is 4.79 Å². The van der Waals surface area contributed by atoms with Crippen molar-refractivity contribution in [3.63, 3.8) is 0 Å². The summed E-state index contributed by atoms with van der Waals surface area (Å²) < 4.78 is 11.0. The van der Waals surface area contributed by atoms with E-state index in [-0.39, 0.29) is 11.6 Å². The first-order chi connectivity index (χ1) is 14.1. The summed E-state index contributed by atoms with van der Waals surface area (Å²) in [6, 6.07) is 12.1. The van der Waals surface area contributed by atoms with E-state index in [1.807, 2.05) is 18.2 Å². The highest BCUT2D eigenvalue weighted by molar-refractivity contribution is 5.58. The minimum Gasteiger partial charge on any atom is -0.496 e. The third-order valence-electron chi connectivity index (χ3n) is 6.12. The van der Waals surface area contributed by atoms with Crippen molar-refractivity contribution in [1.29, 1.82) is 0 Å². The van der Waals surface area contributed by atoms with Gasteiger partial charge in [-0.2, -0.15) is 0 Å². The SMILES string of the molecule is C=C1CN(c2cc(N3CCOCC3)cc(=O)[nH]2)[C@@H](Cc2ccccc2OC)[C@H]1C. The van der Waals surface area contributed by atoms with Gasteiger partial charge in [-0.1, -0.05) is 37.3 Å². The number of nitrogens with zero attached hydrogens (tertiary/aromatic N) is 2. The van der Waals surface area contributed by atoms with E-state index in [0.29, 0.717) is 19.1 Å². The maximum Gasteiger partial charge on any atom is 0.251 e. The van der Waals surface area contributed by atoms with Crippen molar-refractivity contribution >= 4 is 11.5 Å². The van der Waals surface area contributed by atoms with Crippen molar-refractivity contribution in [3.05, 3.63) is 64.5 Å². The summed E-state index contributed by atoms with van der Waals surface area (Å²) in [4.78, 5) is 20.0. The number of hydrogen-bond donors (Lipinski definition) is 1. The molecule has 3 heterocycles. The number of hydrogen-bond acceptors (Lipinski definition) is 5. The molecule has 29 heavy (non-hydrogen) atoms. The number of para-hydroxylation sites is 1. The standard InChI is InChI=1S/C23H29N3O3/c1-16-15-26(20(17(16)2)12-18-6-4-5-7-21(18)28-3)22-13-19(14-23(27)24-22)25-8-10-29-11-9-25/h4-7,13-14,17,20H,1,8-12,15H2,2-3H3,(H,24,27)/t17-,20-/m0/s1. The molecule has 2 aliphatic heterocycles. The van der Waals surface area contributed by atoms with Gasteiger partial charge in [0.1, 0.15) is 11.6 Å². The van der Waals surface area contributed by atoms with Gasteiger partial charge in [0.15, 0.2) is 0 Å². The number of rotatable bonds is 5. The third kappa shape index (κ3) is 4.03. The second-order valence-corrected chi connectivity index (χ2v) is 7.85. The van der Waals surface area contributed by atoms with Crippen LogP contribution in [0.25, 0.3) is 0 Å². The summed E-state index contributed by atoms with van der Waals surface area (Å²) in [6.45, 7) is 10.2. The first-order valence-electron chi connectivity index (χ1n) is 10.2. The van der Waals surface area contributed by atoms with Crippen LogP contribution in [0.5, 0.6) is 5.75 Å². The molecule has 0 bridgehead atoms. The first-order valence-corrected chi connectivity index (χ1v) is 10.2. The van der Waals surface area contributed by atoms with Crippen LogP contribution in [0.4, 0.5) is 11.5 Å². The number of H-pyrrole nitrogens is 1. The Morgan fingerprint density at radius 2 is 2.00 bits per heavy atom. The predicted octanol–water partition coefficient (Wildman–Crippen LogP) is 2.84. The highest BCUT2D eigenvalue weighted by Gasteiger charge is 2.35. The van der Waals surface area contributed by atoms with Crippen molar-refractivity contribution in [3.8, 4) is 5.75 Å². The van der Waals surface area contributed by atoms with Crippen molar-refractivity contribution in [1.82, 2.24) is 4.98 Å². The molecule has 1 aromatic heterocycles. The molecule has 0 unspecified atom stereocenters. The Bertz CT molecular complexity index is 933. The molecule has 154 valence electrons. The van der Waals surface area contributed by atoms with Crippen molar-refractivity contribution in [2.45, 2.75) is 19.4 Å². The Morgan fingerprint density at radius 3 is 2.76 bits per heavy atom. The van der Waals surface area contributed by atoms with Gasteiger partial charge in [0.25, 0.3) is 5.56 Å². The molecule has 2 fully saturated rings. The molecule has 1 N–H and O–H groups in total. The lowest BCUT2D eigenvalue weighted by Crippen LogP contribution is -2.38. The normalized spacial score (nSPS) is 22.2. The highest BCUT2D eigenvalue weighted by atomic mass is 16.5. The average Bonchev–Trinajstić information content (AvgIpc) is 3.03. The number of benzene rings is 1. The Morgan fingerprint density at radius 1 is 1.24 bits per heavy atom. The fourth-order valence-electron chi connectivity index (χ4n) is 4.34. The maximum absolute atomic E-state index is 12.5. The molecule has 0 radical (unpaired) electrons. The van der Waals surface area contributed by atoms with Crippen LogP contribution in [0.1, 0.15) is 12.5 Å². The van der Waals surface area contributed by atoms with Crippen LogP contribution in [0.15, 0.2) is 53.3 Å². The van der Waals surface area contributed by atoms with Gasteiger partial charge in [-0.15, -0.1) is 0 Å². The third-order valence-corrected chi connectivity index (χ3v) is 6.12. The van der Waals surface area contributed by atoms with Gasteiger partial charge in [-0.05, 0) is 24.0 Å². The summed E-state index contributed by atoms with van der Waals surface area (Å²) in [5, 5.41) is 0. The van der Waals surface area contributed by atoms with Crippen LogP contribution in [0, 0.1) is 5.92 Å². The maximum atomic E-state index is 12.5. The summed E-state index contributed by atoms with van der Waals surface area (Å²) in [5.41, 5.74) is 3.22. The van der Waals surface area contributed by atoms with Crippen LogP contribution >= 0.6 is 0 Å². The zero-order chi connectivity index (χ0) is 20.4. The van der Waals surface area contributed by atoms with Crippen LogP contribution in [0.2, 0.25) is 0 Å². The number of aromatic amines is 1. The summed E-state index contributed by atoms with van der Waals surface area (Å²) >= 11 is 0. The van der Waals surface area contributed by atoms with E-state index in [2.05, 4.69) is 40.4 Å². The summed E-state index contributed by atoms with van der Waals surface area (Å²) in [5.74, 6) is 2.06. The second kappa shape index (κ2) is 8.33. The van der Waals surface area contributed by atoms with Gasteiger partial charge in [0.05, 0.1) is 20.3 Å². The molecule has 0 aliphatic carbocycles. The average molecular weight is 396 g/mol. The zero-order valence-electron chi connectivity index (χ0n) is 17.2. The monoisotopic (exact) mass is 395 g/mol. The largest absolute Gasteiger partial charge is 0.496 e. The Labute approximate surface area is 171 Å². The van der Waals surface area contributed by atoms with Crippen LogP contribution in [-0.2, 0) is 11.2 Å². The fourth-order valence-corrected chi connectivity index (χ4v) is 4.34. The molecule has 1 aromatic carbocycles. The van der Waals surface area contributed by atoms with E-state index in [4.69, 9.17) is 9.47 Å². The molecule has 2 aliphatic rings. The smallest absolute Gasteiger partial charge is 0.251 e. The highest BCUT2D eigenvalue weighted by Crippen LogP contribution is 2.35. The Hall–Kier alpha value is -2.73. The van der Waals surface area contributed by atoms with Crippen molar-refractivity contribution in [2.75, 3.05) is 49.8 Å². The van der Waals surface area contributed by atoms with E-state index in [0.717, 1.165) is 43.3 Å². The fraction of sp³-hybridized carbons (Fsp3) is 0.435. The van der Waals surface area contributed by atoms with Gasteiger partial charge >= 0.3 is 0 Å². The first kappa shape index (κ1) is 19.6. The van der Waals surface area contributed by atoms with Crippen LogP contribution < -0.4 is 20.1 Å². The van der Waals surface area contributed by atoms with Crippen LogP contribution in [-0.4, -0.2) is 51.0 Å². The van der Waals surface area contributed by atoms with E-state index in [1.165, 1.54) is 11.1 Å². The molecule has 0 spiro atoms. The number of nitrogens with one attached hydrogen (secondary N) is 1. The Balaban J connectivity index is 1.66. The molecule has 0 saturated carbocycles. The molecule has 4 rings (SSSR count). The predicted molar refractivity (Wildman–Crippen MR) is 116 cm³/mol. The molecule has 2 saturated heterocycles. The molecular weight excluding hydrogens is 366 g/mol. The lowest BCUT2D eigenvalue weighted by Gasteiger charge is -2.32. The molecular formula is C23H29N3O3. The number of methoxy groups -OCH3 is 1. The lowest BCUT2D eigenvalue weighted by atomic mass is 9.93. The molecule has 6 nitrogen and oxygen atoms in total. The number of anilines is 2.